The Hall–Kier alpha value is -0.940. The third-order valence-electron chi connectivity index (χ3n) is 3.32. The molecule has 2 heterocycles. The highest BCUT2D eigenvalue weighted by Gasteiger charge is 2.44. The Balaban J connectivity index is 1.51. The van der Waals surface area contributed by atoms with Crippen LogP contribution in [0.3, 0.4) is 0 Å². The molecule has 0 amide bonds. The zero-order valence-corrected chi connectivity index (χ0v) is 9.72. The number of ether oxygens (including phenoxy) is 2. The molecule has 2 bridgehead atoms. The van der Waals surface area contributed by atoms with E-state index >= 15 is 0 Å². The molecule has 0 aromatic heterocycles. The fraction of sp³-hybridized carbons (Fsp3) is 0.538. The summed E-state index contributed by atoms with van der Waals surface area (Å²) in [6.07, 6.45) is 1.82. The van der Waals surface area contributed by atoms with Gasteiger partial charge in [0.25, 0.3) is 0 Å². The molecule has 0 spiro atoms. The van der Waals surface area contributed by atoms with Crippen molar-refractivity contribution in [2.24, 2.45) is 0 Å². The molecule has 17 heavy (non-hydrogen) atoms. The van der Waals surface area contributed by atoms with Gasteiger partial charge in [-0.2, -0.15) is 5.48 Å². The lowest BCUT2D eigenvalue weighted by Gasteiger charge is -2.29. The summed E-state index contributed by atoms with van der Waals surface area (Å²) in [5.41, 5.74) is 3.92. The van der Waals surface area contributed by atoms with Crippen molar-refractivity contribution in [3.8, 4) is 0 Å². The van der Waals surface area contributed by atoms with Crippen LogP contribution in [0.2, 0.25) is 0 Å². The lowest BCUT2D eigenvalue weighted by Crippen LogP contribution is -2.38. The molecule has 2 atom stereocenters. The fourth-order valence-electron chi connectivity index (χ4n) is 2.33. The van der Waals surface area contributed by atoms with Crippen LogP contribution in [0, 0.1) is 0 Å². The molecule has 1 aromatic rings. The molecule has 2 fully saturated rings. The zero-order valence-electron chi connectivity index (χ0n) is 9.72. The maximum atomic E-state index is 5.76. The summed E-state index contributed by atoms with van der Waals surface area (Å²) < 4.78 is 11.2. The molecule has 0 radical (unpaired) electrons. The topological polar surface area (TPSA) is 39.7 Å². The van der Waals surface area contributed by atoms with E-state index in [1.165, 1.54) is 5.56 Å². The number of fused-ring (bicyclic) bond motifs is 2. The lowest BCUT2D eigenvalue weighted by atomic mass is 9.95. The molecule has 0 saturated carbocycles. The summed E-state index contributed by atoms with van der Waals surface area (Å²) >= 11 is 0. The van der Waals surface area contributed by atoms with Gasteiger partial charge >= 0.3 is 0 Å². The Bertz CT molecular complexity index is 366. The molecule has 4 nitrogen and oxygen atoms in total. The van der Waals surface area contributed by atoms with Crippen molar-refractivity contribution in [2.75, 3.05) is 13.2 Å². The highest BCUT2D eigenvalue weighted by molar-refractivity contribution is 5.13. The first kappa shape index (κ1) is 11.2. The SMILES string of the molecule is c1ccc(COC[C@]23CCO[C@@H](C2)NO3)cc1. The van der Waals surface area contributed by atoms with Gasteiger partial charge in [-0.15, -0.1) is 0 Å². The molecule has 2 aliphatic rings. The van der Waals surface area contributed by atoms with Gasteiger partial charge in [0.15, 0.2) is 0 Å². The predicted molar refractivity (Wildman–Crippen MR) is 62.0 cm³/mol. The summed E-state index contributed by atoms with van der Waals surface area (Å²) in [5.74, 6) is 0. The van der Waals surface area contributed by atoms with Crippen molar-refractivity contribution in [3.05, 3.63) is 35.9 Å². The maximum absolute atomic E-state index is 5.76. The largest absolute Gasteiger partial charge is 0.374 e. The van der Waals surface area contributed by atoms with E-state index in [2.05, 4.69) is 17.6 Å². The molecule has 1 aromatic carbocycles. The second-order valence-corrected chi connectivity index (χ2v) is 4.69. The van der Waals surface area contributed by atoms with Crippen molar-refractivity contribution < 1.29 is 14.3 Å². The van der Waals surface area contributed by atoms with Crippen molar-refractivity contribution in [1.29, 1.82) is 0 Å². The Morgan fingerprint density at radius 2 is 2.24 bits per heavy atom. The maximum Gasteiger partial charge on any atom is 0.133 e. The summed E-state index contributed by atoms with van der Waals surface area (Å²) in [7, 11) is 0. The van der Waals surface area contributed by atoms with Gasteiger partial charge in [0.1, 0.15) is 11.8 Å². The van der Waals surface area contributed by atoms with Crippen LogP contribution in [0.4, 0.5) is 0 Å². The average Bonchev–Trinajstić information content (AvgIpc) is 2.66. The fourth-order valence-corrected chi connectivity index (χ4v) is 2.33. The number of benzene rings is 1. The second-order valence-electron chi connectivity index (χ2n) is 4.69. The van der Waals surface area contributed by atoms with Crippen molar-refractivity contribution >= 4 is 0 Å². The van der Waals surface area contributed by atoms with Gasteiger partial charge in [-0.1, -0.05) is 30.3 Å². The van der Waals surface area contributed by atoms with Crippen LogP contribution in [0.1, 0.15) is 18.4 Å². The zero-order chi connectivity index (χ0) is 11.6. The van der Waals surface area contributed by atoms with Crippen LogP contribution >= 0.6 is 0 Å². The predicted octanol–water partition coefficient (Wildman–Crippen LogP) is 1.61. The number of rotatable bonds is 4. The van der Waals surface area contributed by atoms with Gasteiger partial charge in [0, 0.05) is 12.8 Å². The normalized spacial score (nSPS) is 31.6. The molecule has 92 valence electrons. The van der Waals surface area contributed by atoms with E-state index in [4.69, 9.17) is 14.3 Å². The minimum absolute atomic E-state index is 0.0454. The molecule has 4 heteroatoms. The van der Waals surface area contributed by atoms with E-state index in [9.17, 15) is 0 Å². The number of hydrogen-bond acceptors (Lipinski definition) is 4. The average molecular weight is 235 g/mol. The van der Waals surface area contributed by atoms with Gasteiger partial charge in [0.05, 0.1) is 19.8 Å². The smallest absolute Gasteiger partial charge is 0.133 e. The Labute approximate surface area is 101 Å². The first-order valence-electron chi connectivity index (χ1n) is 6.03. The Morgan fingerprint density at radius 3 is 3.12 bits per heavy atom. The van der Waals surface area contributed by atoms with Gasteiger partial charge in [0.2, 0.25) is 0 Å². The Morgan fingerprint density at radius 1 is 1.35 bits per heavy atom. The third-order valence-corrected chi connectivity index (χ3v) is 3.32. The van der Waals surface area contributed by atoms with E-state index in [1.54, 1.807) is 0 Å². The van der Waals surface area contributed by atoms with Crippen molar-refractivity contribution in [3.63, 3.8) is 0 Å². The number of hydroxylamine groups is 1. The van der Waals surface area contributed by atoms with E-state index < -0.39 is 0 Å². The molecule has 0 unspecified atom stereocenters. The van der Waals surface area contributed by atoms with Gasteiger partial charge in [-0.3, -0.25) is 4.84 Å². The molecule has 2 aliphatic heterocycles. The molecule has 2 saturated heterocycles. The second kappa shape index (κ2) is 4.74. The molecule has 0 aliphatic carbocycles. The number of nitrogens with one attached hydrogen (secondary N) is 1. The van der Waals surface area contributed by atoms with Gasteiger partial charge in [-0.25, -0.2) is 0 Å². The van der Waals surface area contributed by atoms with Crippen LogP contribution in [0.15, 0.2) is 30.3 Å². The highest BCUT2D eigenvalue weighted by Crippen LogP contribution is 2.32. The van der Waals surface area contributed by atoms with Crippen molar-refractivity contribution in [1.82, 2.24) is 5.48 Å². The van der Waals surface area contributed by atoms with Crippen LogP contribution in [-0.4, -0.2) is 25.0 Å². The monoisotopic (exact) mass is 235 g/mol. The van der Waals surface area contributed by atoms with E-state index in [0.29, 0.717) is 13.2 Å². The van der Waals surface area contributed by atoms with E-state index in [-0.39, 0.29) is 11.8 Å². The van der Waals surface area contributed by atoms with Crippen LogP contribution in [-0.2, 0) is 20.9 Å². The van der Waals surface area contributed by atoms with Gasteiger partial charge in [-0.05, 0) is 5.56 Å². The summed E-state index contributed by atoms with van der Waals surface area (Å²) in [5, 5.41) is 0. The highest BCUT2D eigenvalue weighted by atomic mass is 16.7. The van der Waals surface area contributed by atoms with Crippen LogP contribution < -0.4 is 5.48 Å². The van der Waals surface area contributed by atoms with Crippen LogP contribution in [0.5, 0.6) is 0 Å². The minimum Gasteiger partial charge on any atom is -0.374 e. The van der Waals surface area contributed by atoms with Crippen LogP contribution in [0.25, 0.3) is 0 Å². The molecular formula is C13H17NO3. The summed E-state index contributed by atoms with van der Waals surface area (Å²) in [4.78, 5) is 5.60. The summed E-state index contributed by atoms with van der Waals surface area (Å²) in [6, 6.07) is 10.2. The number of hydrogen-bond donors (Lipinski definition) is 1. The lowest BCUT2D eigenvalue weighted by molar-refractivity contribution is -0.105. The Kier molecular flexibility index (Phi) is 3.11. The first-order chi connectivity index (χ1) is 8.36. The third kappa shape index (κ3) is 2.50. The molecular weight excluding hydrogens is 218 g/mol. The quantitative estimate of drug-likeness (QED) is 0.860. The summed E-state index contributed by atoms with van der Waals surface area (Å²) in [6.45, 7) is 2.00. The van der Waals surface area contributed by atoms with Gasteiger partial charge < -0.3 is 9.47 Å². The van der Waals surface area contributed by atoms with Crippen molar-refractivity contribution in [2.45, 2.75) is 31.3 Å². The van der Waals surface area contributed by atoms with E-state index in [1.807, 2.05) is 18.2 Å². The van der Waals surface area contributed by atoms with E-state index in [0.717, 1.165) is 19.4 Å². The minimum atomic E-state index is -0.183. The first-order valence-corrected chi connectivity index (χ1v) is 6.03. The molecule has 1 N–H and O–H groups in total. The molecule has 3 rings (SSSR count). The standard InChI is InChI=1S/C13H17NO3/c1-2-4-11(5-3-1)9-15-10-13-6-7-16-12(8-13)14-17-13/h1-5,12,14H,6-10H2/t12-,13-/m0/s1.